The van der Waals surface area contributed by atoms with E-state index in [1.807, 2.05) is 0 Å². The van der Waals surface area contributed by atoms with Crippen molar-refractivity contribution in [1.82, 2.24) is 4.90 Å². The Bertz CT molecular complexity index is 225. The maximum atomic E-state index is 12.3. The first-order valence-electron chi connectivity index (χ1n) is 6.68. The van der Waals surface area contributed by atoms with Gasteiger partial charge in [-0.3, -0.25) is 4.79 Å². The molecule has 0 radical (unpaired) electrons. The standard InChI is InChI=1S/C14H29NOS/c1-8-11(3)15(12(4)9-2)13(16)10-17-14(5,6)7/h11-12H,8-10H2,1-7H3. The topological polar surface area (TPSA) is 20.3 Å². The summed E-state index contributed by atoms with van der Waals surface area (Å²) in [5, 5.41) is 0. The van der Waals surface area contributed by atoms with Gasteiger partial charge in [-0.2, -0.15) is 0 Å². The zero-order valence-electron chi connectivity index (χ0n) is 12.5. The monoisotopic (exact) mass is 259 g/mol. The van der Waals surface area contributed by atoms with E-state index in [1.165, 1.54) is 0 Å². The predicted octanol–water partition coefficient (Wildman–Crippen LogP) is 3.94. The van der Waals surface area contributed by atoms with Crippen LogP contribution in [0.3, 0.4) is 0 Å². The lowest BCUT2D eigenvalue weighted by molar-refractivity contribution is -0.132. The average molecular weight is 259 g/mol. The molecule has 0 aromatic rings. The molecule has 0 aromatic heterocycles. The molecule has 0 aromatic carbocycles. The quantitative estimate of drug-likeness (QED) is 0.720. The van der Waals surface area contributed by atoms with Crippen molar-refractivity contribution in [3.63, 3.8) is 0 Å². The first-order valence-corrected chi connectivity index (χ1v) is 7.66. The minimum Gasteiger partial charge on any atom is -0.337 e. The van der Waals surface area contributed by atoms with Crippen molar-refractivity contribution in [3.8, 4) is 0 Å². The van der Waals surface area contributed by atoms with Gasteiger partial charge >= 0.3 is 0 Å². The molecule has 2 unspecified atom stereocenters. The molecule has 3 heteroatoms. The Balaban J connectivity index is 4.54. The molecular weight excluding hydrogens is 230 g/mol. The number of hydrogen-bond acceptors (Lipinski definition) is 2. The largest absolute Gasteiger partial charge is 0.337 e. The van der Waals surface area contributed by atoms with E-state index in [2.05, 4.69) is 53.4 Å². The molecule has 0 fully saturated rings. The predicted molar refractivity (Wildman–Crippen MR) is 78.6 cm³/mol. The maximum absolute atomic E-state index is 12.3. The summed E-state index contributed by atoms with van der Waals surface area (Å²) in [6.07, 6.45) is 2.05. The van der Waals surface area contributed by atoms with Crippen LogP contribution >= 0.6 is 11.8 Å². The summed E-state index contributed by atoms with van der Waals surface area (Å²) in [6.45, 7) is 15.0. The first-order chi connectivity index (χ1) is 7.72. The van der Waals surface area contributed by atoms with E-state index in [0.29, 0.717) is 17.8 Å². The lowest BCUT2D eigenvalue weighted by Gasteiger charge is -2.34. The van der Waals surface area contributed by atoms with Crippen LogP contribution in [0.4, 0.5) is 0 Å². The highest BCUT2D eigenvalue weighted by Crippen LogP contribution is 2.24. The lowest BCUT2D eigenvalue weighted by Crippen LogP contribution is -2.45. The van der Waals surface area contributed by atoms with E-state index >= 15 is 0 Å². The van der Waals surface area contributed by atoms with Crippen molar-refractivity contribution in [3.05, 3.63) is 0 Å². The van der Waals surface area contributed by atoms with Crippen molar-refractivity contribution in [2.45, 2.75) is 78.1 Å². The fourth-order valence-corrected chi connectivity index (χ4v) is 2.38. The maximum Gasteiger partial charge on any atom is 0.233 e. The third-order valence-electron chi connectivity index (χ3n) is 3.05. The highest BCUT2D eigenvalue weighted by atomic mass is 32.2. The van der Waals surface area contributed by atoms with Crippen LogP contribution < -0.4 is 0 Å². The summed E-state index contributed by atoms with van der Waals surface area (Å²) in [6, 6.07) is 0.691. The molecule has 2 nitrogen and oxygen atoms in total. The molecular formula is C14H29NOS. The van der Waals surface area contributed by atoms with Gasteiger partial charge < -0.3 is 4.90 Å². The van der Waals surface area contributed by atoms with Crippen LogP contribution in [0.5, 0.6) is 0 Å². The molecule has 0 aliphatic rings. The van der Waals surface area contributed by atoms with E-state index in [4.69, 9.17) is 0 Å². The second-order valence-electron chi connectivity index (χ2n) is 5.72. The Kier molecular flexibility index (Phi) is 7.22. The fourth-order valence-electron chi connectivity index (χ4n) is 1.67. The average Bonchev–Trinajstić information content (AvgIpc) is 2.25. The summed E-state index contributed by atoms with van der Waals surface area (Å²) in [5.41, 5.74) is 0. The van der Waals surface area contributed by atoms with Gasteiger partial charge in [-0.15, -0.1) is 11.8 Å². The number of carbonyl (C=O) groups excluding carboxylic acids is 1. The Labute approximate surface area is 112 Å². The Hall–Kier alpha value is -0.180. The SMILES string of the molecule is CCC(C)N(C(=O)CSC(C)(C)C)C(C)CC. The van der Waals surface area contributed by atoms with E-state index in [9.17, 15) is 4.79 Å². The molecule has 0 saturated heterocycles. The Morgan fingerprint density at radius 2 is 1.53 bits per heavy atom. The van der Waals surface area contributed by atoms with Gasteiger partial charge in [0.1, 0.15) is 0 Å². The van der Waals surface area contributed by atoms with E-state index in [1.54, 1.807) is 11.8 Å². The van der Waals surface area contributed by atoms with Crippen LogP contribution in [0.2, 0.25) is 0 Å². The molecule has 0 heterocycles. The molecule has 1 amide bonds. The van der Waals surface area contributed by atoms with Crippen LogP contribution in [0.25, 0.3) is 0 Å². The number of carbonyl (C=O) groups is 1. The van der Waals surface area contributed by atoms with Crippen LogP contribution in [-0.4, -0.2) is 33.4 Å². The molecule has 0 aliphatic heterocycles. The van der Waals surface area contributed by atoms with E-state index < -0.39 is 0 Å². The summed E-state index contributed by atoms with van der Waals surface area (Å²) < 4.78 is 0.159. The lowest BCUT2D eigenvalue weighted by atomic mass is 10.1. The number of hydrogen-bond donors (Lipinski definition) is 0. The molecule has 17 heavy (non-hydrogen) atoms. The van der Waals surface area contributed by atoms with Gasteiger partial charge in [-0.25, -0.2) is 0 Å². The summed E-state index contributed by atoms with van der Waals surface area (Å²) in [5.74, 6) is 0.881. The number of thioether (sulfide) groups is 1. The van der Waals surface area contributed by atoms with Crippen LogP contribution in [0.1, 0.15) is 61.3 Å². The van der Waals surface area contributed by atoms with Crippen molar-refractivity contribution in [2.24, 2.45) is 0 Å². The smallest absolute Gasteiger partial charge is 0.233 e. The molecule has 0 N–H and O–H groups in total. The molecule has 0 saturated carbocycles. The second-order valence-corrected chi connectivity index (χ2v) is 7.52. The van der Waals surface area contributed by atoms with Crippen LogP contribution in [0.15, 0.2) is 0 Å². The molecule has 2 atom stereocenters. The Morgan fingerprint density at radius 1 is 1.12 bits per heavy atom. The van der Waals surface area contributed by atoms with Gasteiger partial charge in [0.25, 0.3) is 0 Å². The van der Waals surface area contributed by atoms with Crippen molar-refractivity contribution >= 4 is 17.7 Å². The minimum atomic E-state index is 0.159. The highest BCUT2D eigenvalue weighted by Gasteiger charge is 2.24. The van der Waals surface area contributed by atoms with Gasteiger partial charge in [0, 0.05) is 16.8 Å². The molecule has 0 spiro atoms. The van der Waals surface area contributed by atoms with Crippen molar-refractivity contribution in [2.75, 3.05) is 5.75 Å². The first kappa shape index (κ1) is 16.8. The number of rotatable bonds is 6. The zero-order valence-corrected chi connectivity index (χ0v) is 13.4. The summed E-state index contributed by atoms with van der Waals surface area (Å²) in [7, 11) is 0. The van der Waals surface area contributed by atoms with E-state index in [0.717, 1.165) is 12.8 Å². The van der Waals surface area contributed by atoms with Crippen LogP contribution in [0, 0.1) is 0 Å². The molecule has 0 bridgehead atoms. The fraction of sp³-hybridized carbons (Fsp3) is 0.929. The van der Waals surface area contributed by atoms with Crippen molar-refractivity contribution in [1.29, 1.82) is 0 Å². The number of amides is 1. The van der Waals surface area contributed by atoms with Gasteiger partial charge in [-0.1, -0.05) is 34.6 Å². The van der Waals surface area contributed by atoms with Gasteiger partial charge in [-0.05, 0) is 26.7 Å². The van der Waals surface area contributed by atoms with Crippen LogP contribution in [-0.2, 0) is 4.79 Å². The van der Waals surface area contributed by atoms with Crippen molar-refractivity contribution < 1.29 is 4.79 Å². The Morgan fingerprint density at radius 3 is 1.82 bits per heavy atom. The molecule has 102 valence electrons. The molecule has 0 rings (SSSR count). The van der Waals surface area contributed by atoms with Gasteiger partial charge in [0.2, 0.25) is 5.91 Å². The summed E-state index contributed by atoms with van der Waals surface area (Å²) in [4.78, 5) is 14.4. The van der Waals surface area contributed by atoms with Gasteiger partial charge in [0.15, 0.2) is 0 Å². The number of nitrogens with zero attached hydrogens (tertiary/aromatic N) is 1. The minimum absolute atomic E-state index is 0.159. The molecule has 0 aliphatic carbocycles. The second kappa shape index (κ2) is 7.30. The normalized spacial score (nSPS) is 15.5. The van der Waals surface area contributed by atoms with E-state index in [-0.39, 0.29) is 10.7 Å². The highest BCUT2D eigenvalue weighted by molar-refractivity contribution is 8.01. The summed E-state index contributed by atoms with van der Waals surface area (Å²) >= 11 is 1.73. The third kappa shape index (κ3) is 6.35. The zero-order chi connectivity index (χ0) is 13.6. The van der Waals surface area contributed by atoms with Gasteiger partial charge in [0.05, 0.1) is 5.75 Å². The third-order valence-corrected chi connectivity index (χ3v) is 4.31.